The maximum Gasteiger partial charge on any atom is 0.223 e. The van der Waals surface area contributed by atoms with Crippen molar-refractivity contribution in [3.8, 4) is 5.75 Å². The van der Waals surface area contributed by atoms with E-state index in [4.69, 9.17) is 15.2 Å². The number of amides is 1. The SMILES string of the molecule is CC(NC(=O)CCOc1ccccc1N)C1CCOC1. The summed E-state index contributed by atoms with van der Waals surface area (Å²) >= 11 is 0. The van der Waals surface area contributed by atoms with Gasteiger partial charge in [0.05, 0.1) is 25.3 Å². The number of hydrogen-bond donors (Lipinski definition) is 2. The van der Waals surface area contributed by atoms with Crippen molar-refractivity contribution in [3.05, 3.63) is 24.3 Å². The number of carbonyl (C=O) groups is 1. The van der Waals surface area contributed by atoms with E-state index in [1.54, 1.807) is 12.1 Å². The fourth-order valence-corrected chi connectivity index (χ4v) is 2.26. The molecule has 0 aliphatic carbocycles. The van der Waals surface area contributed by atoms with E-state index in [1.165, 1.54) is 0 Å². The first-order valence-electron chi connectivity index (χ1n) is 7.01. The Bertz CT molecular complexity index is 444. The Morgan fingerprint density at radius 2 is 2.35 bits per heavy atom. The molecule has 0 saturated carbocycles. The minimum atomic E-state index is -0.00102. The van der Waals surface area contributed by atoms with Crippen molar-refractivity contribution in [1.82, 2.24) is 5.32 Å². The maximum atomic E-state index is 11.8. The van der Waals surface area contributed by atoms with Crippen LogP contribution in [0.3, 0.4) is 0 Å². The number of carbonyl (C=O) groups excluding carboxylic acids is 1. The normalized spacial score (nSPS) is 19.6. The van der Waals surface area contributed by atoms with Gasteiger partial charge in [0.1, 0.15) is 5.75 Å². The predicted molar refractivity (Wildman–Crippen MR) is 77.5 cm³/mol. The second kappa shape index (κ2) is 7.14. The highest BCUT2D eigenvalue weighted by molar-refractivity contribution is 5.76. The molecule has 5 heteroatoms. The molecule has 20 heavy (non-hydrogen) atoms. The van der Waals surface area contributed by atoms with Gasteiger partial charge >= 0.3 is 0 Å². The third-order valence-electron chi connectivity index (χ3n) is 3.57. The smallest absolute Gasteiger partial charge is 0.223 e. The summed E-state index contributed by atoms with van der Waals surface area (Å²) in [6.07, 6.45) is 1.34. The molecule has 1 heterocycles. The number of para-hydroxylation sites is 2. The lowest BCUT2D eigenvalue weighted by molar-refractivity contribution is -0.122. The van der Waals surface area contributed by atoms with Gasteiger partial charge in [0, 0.05) is 18.6 Å². The summed E-state index contributed by atoms with van der Waals surface area (Å²) in [5, 5.41) is 2.99. The highest BCUT2D eigenvalue weighted by Gasteiger charge is 2.23. The van der Waals surface area contributed by atoms with E-state index >= 15 is 0 Å². The summed E-state index contributed by atoms with van der Waals surface area (Å²) in [5.74, 6) is 1.04. The average Bonchev–Trinajstić information content (AvgIpc) is 2.95. The minimum Gasteiger partial charge on any atom is -0.491 e. The second-order valence-corrected chi connectivity index (χ2v) is 5.12. The lowest BCUT2D eigenvalue weighted by Crippen LogP contribution is -2.38. The van der Waals surface area contributed by atoms with Gasteiger partial charge in [0.25, 0.3) is 0 Å². The van der Waals surface area contributed by atoms with E-state index in [9.17, 15) is 4.79 Å². The number of benzene rings is 1. The third kappa shape index (κ3) is 4.13. The predicted octanol–water partition coefficient (Wildman–Crippen LogP) is 1.58. The molecular weight excluding hydrogens is 256 g/mol. The quantitative estimate of drug-likeness (QED) is 0.775. The molecule has 110 valence electrons. The molecule has 2 atom stereocenters. The van der Waals surface area contributed by atoms with Gasteiger partial charge in [-0.05, 0) is 25.5 Å². The first-order valence-corrected chi connectivity index (χ1v) is 7.01. The molecule has 1 fully saturated rings. The molecule has 1 aliphatic heterocycles. The molecule has 0 bridgehead atoms. The van der Waals surface area contributed by atoms with Gasteiger partial charge in [-0.25, -0.2) is 0 Å². The van der Waals surface area contributed by atoms with Crippen LogP contribution >= 0.6 is 0 Å². The van der Waals surface area contributed by atoms with Crippen LogP contribution < -0.4 is 15.8 Å². The first kappa shape index (κ1) is 14.7. The van der Waals surface area contributed by atoms with Crippen LogP contribution in [-0.4, -0.2) is 31.8 Å². The average molecular weight is 278 g/mol. The molecule has 1 aromatic carbocycles. The van der Waals surface area contributed by atoms with Crippen molar-refractivity contribution < 1.29 is 14.3 Å². The highest BCUT2D eigenvalue weighted by Crippen LogP contribution is 2.20. The summed E-state index contributed by atoms with van der Waals surface area (Å²) in [5.41, 5.74) is 6.35. The van der Waals surface area contributed by atoms with Gasteiger partial charge in [0.2, 0.25) is 5.91 Å². The van der Waals surface area contributed by atoms with Gasteiger partial charge in [-0.3, -0.25) is 4.79 Å². The molecule has 1 aliphatic rings. The number of nitrogens with two attached hydrogens (primary N) is 1. The Hall–Kier alpha value is -1.75. The Morgan fingerprint density at radius 3 is 3.05 bits per heavy atom. The van der Waals surface area contributed by atoms with Crippen LogP contribution in [0.15, 0.2) is 24.3 Å². The Kier molecular flexibility index (Phi) is 5.24. The molecule has 1 amide bonds. The molecule has 5 nitrogen and oxygen atoms in total. The summed E-state index contributed by atoms with van der Waals surface area (Å²) in [7, 11) is 0. The van der Waals surface area contributed by atoms with Crippen LogP contribution in [-0.2, 0) is 9.53 Å². The largest absolute Gasteiger partial charge is 0.491 e. The molecule has 3 N–H and O–H groups in total. The zero-order valence-electron chi connectivity index (χ0n) is 11.8. The van der Waals surface area contributed by atoms with Gasteiger partial charge < -0.3 is 20.5 Å². The fourth-order valence-electron chi connectivity index (χ4n) is 2.26. The van der Waals surface area contributed by atoms with Crippen LogP contribution in [0.4, 0.5) is 5.69 Å². The molecule has 2 rings (SSSR count). The summed E-state index contributed by atoms with van der Waals surface area (Å²) < 4.78 is 10.8. The van der Waals surface area contributed by atoms with Crippen molar-refractivity contribution in [2.45, 2.75) is 25.8 Å². The molecule has 0 aromatic heterocycles. The van der Waals surface area contributed by atoms with Crippen LogP contribution in [0.25, 0.3) is 0 Å². The van der Waals surface area contributed by atoms with Gasteiger partial charge in [-0.1, -0.05) is 12.1 Å². The molecular formula is C15H22N2O3. The van der Waals surface area contributed by atoms with Gasteiger partial charge in [-0.2, -0.15) is 0 Å². The van der Waals surface area contributed by atoms with Crippen LogP contribution in [0.2, 0.25) is 0 Å². The zero-order chi connectivity index (χ0) is 14.4. The zero-order valence-corrected chi connectivity index (χ0v) is 11.8. The summed E-state index contributed by atoms with van der Waals surface area (Å²) in [6, 6.07) is 7.42. The topological polar surface area (TPSA) is 73.6 Å². The van der Waals surface area contributed by atoms with E-state index in [2.05, 4.69) is 5.32 Å². The molecule has 0 radical (unpaired) electrons. The molecule has 2 unspecified atom stereocenters. The van der Waals surface area contributed by atoms with Crippen LogP contribution in [0.5, 0.6) is 5.75 Å². The number of nitrogens with one attached hydrogen (secondary N) is 1. The lowest BCUT2D eigenvalue weighted by atomic mass is 10.0. The monoisotopic (exact) mass is 278 g/mol. The molecule has 1 saturated heterocycles. The first-order chi connectivity index (χ1) is 9.66. The van der Waals surface area contributed by atoms with E-state index < -0.39 is 0 Å². The number of anilines is 1. The van der Waals surface area contributed by atoms with E-state index in [-0.39, 0.29) is 11.9 Å². The van der Waals surface area contributed by atoms with E-state index in [0.717, 1.165) is 19.6 Å². The lowest BCUT2D eigenvalue weighted by Gasteiger charge is -2.19. The standard InChI is InChI=1S/C15H22N2O3/c1-11(12-6-8-19-10-12)17-15(18)7-9-20-14-5-3-2-4-13(14)16/h2-5,11-12H,6-10,16H2,1H3,(H,17,18). The fraction of sp³-hybridized carbons (Fsp3) is 0.533. The number of hydrogen-bond acceptors (Lipinski definition) is 4. The maximum absolute atomic E-state index is 11.8. The Labute approximate surface area is 119 Å². The Balaban J connectivity index is 1.68. The third-order valence-corrected chi connectivity index (χ3v) is 3.57. The minimum absolute atomic E-state index is 0.00102. The second-order valence-electron chi connectivity index (χ2n) is 5.12. The molecule has 1 aromatic rings. The van der Waals surface area contributed by atoms with Crippen LogP contribution in [0.1, 0.15) is 19.8 Å². The van der Waals surface area contributed by atoms with Crippen molar-refractivity contribution in [2.75, 3.05) is 25.6 Å². The van der Waals surface area contributed by atoms with E-state index in [1.807, 2.05) is 19.1 Å². The van der Waals surface area contributed by atoms with Crippen molar-refractivity contribution in [2.24, 2.45) is 5.92 Å². The number of ether oxygens (including phenoxy) is 2. The number of nitrogen functional groups attached to an aromatic ring is 1. The number of rotatable bonds is 6. The molecule has 0 spiro atoms. The highest BCUT2D eigenvalue weighted by atomic mass is 16.5. The van der Waals surface area contributed by atoms with Crippen LogP contribution in [0, 0.1) is 5.92 Å². The van der Waals surface area contributed by atoms with Crippen molar-refractivity contribution in [1.29, 1.82) is 0 Å². The van der Waals surface area contributed by atoms with Crippen molar-refractivity contribution in [3.63, 3.8) is 0 Å². The van der Waals surface area contributed by atoms with Gasteiger partial charge in [0.15, 0.2) is 0 Å². The summed E-state index contributed by atoms with van der Waals surface area (Å²) in [4.78, 5) is 11.8. The van der Waals surface area contributed by atoms with E-state index in [0.29, 0.717) is 30.4 Å². The summed E-state index contributed by atoms with van der Waals surface area (Å²) in [6.45, 7) is 3.88. The van der Waals surface area contributed by atoms with Gasteiger partial charge in [-0.15, -0.1) is 0 Å². The van der Waals surface area contributed by atoms with Crippen molar-refractivity contribution >= 4 is 11.6 Å². The Morgan fingerprint density at radius 1 is 1.55 bits per heavy atom.